The Morgan fingerprint density at radius 3 is 2.81 bits per heavy atom. The van der Waals surface area contributed by atoms with E-state index < -0.39 is 0 Å². The summed E-state index contributed by atoms with van der Waals surface area (Å²) in [7, 11) is 0. The Kier molecular flexibility index (Phi) is 7.02. The minimum Gasteiger partial charge on any atom is -0.370 e. The number of thiophene rings is 1. The van der Waals surface area contributed by atoms with Crippen molar-refractivity contribution >= 4 is 23.3 Å². The van der Waals surface area contributed by atoms with Crippen LogP contribution in [0, 0.1) is 13.8 Å². The second-order valence-corrected chi connectivity index (χ2v) is 10.1. The third-order valence-corrected chi connectivity index (χ3v) is 7.83. The molecule has 2 atom stereocenters. The number of nitrogens with zero attached hydrogens (tertiary/aromatic N) is 5. The molecule has 2 aromatic heterocycles. The SMILES string of the molecule is CCc1cc2c(s1)CCO[C@@]21CCN(C/C(C=NCc2nc(C)cc(C)n2)=N/N)[C@@H](C)C1. The van der Waals surface area contributed by atoms with Crippen LogP contribution in [0.3, 0.4) is 0 Å². The van der Waals surface area contributed by atoms with Gasteiger partial charge in [0.2, 0.25) is 0 Å². The van der Waals surface area contributed by atoms with Crippen LogP contribution < -0.4 is 5.84 Å². The molecule has 1 saturated heterocycles. The second-order valence-electron chi connectivity index (χ2n) is 8.93. The Hall–Kier alpha value is -2.16. The van der Waals surface area contributed by atoms with Gasteiger partial charge < -0.3 is 10.6 Å². The lowest BCUT2D eigenvalue weighted by Crippen LogP contribution is -2.51. The molecule has 4 heterocycles. The van der Waals surface area contributed by atoms with Crippen molar-refractivity contribution < 1.29 is 4.74 Å². The fourth-order valence-corrected chi connectivity index (χ4v) is 6.11. The molecule has 7 nitrogen and oxygen atoms in total. The highest BCUT2D eigenvalue weighted by Crippen LogP contribution is 2.46. The van der Waals surface area contributed by atoms with Crippen molar-refractivity contribution in [1.29, 1.82) is 0 Å². The summed E-state index contributed by atoms with van der Waals surface area (Å²) < 4.78 is 6.46. The van der Waals surface area contributed by atoms with E-state index in [9.17, 15) is 0 Å². The molecule has 1 fully saturated rings. The summed E-state index contributed by atoms with van der Waals surface area (Å²) in [6.45, 7) is 11.3. The number of likely N-dealkylation sites (tertiary alicyclic amines) is 1. The summed E-state index contributed by atoms with van der Waals surface area (Å²) in [6, 6.07) is 4.73. The van der Waals surface area contributed by atoms with Gasteiger partial charge >= 0.3 is 0 Å². The highest BCUT2D eigenvalue weighted by Gasteiger charge is 2.44. The number of piperidine rings is 1. The summed E-state index contributed by atoms with van der Waals surface area (Å²) in [5.74, 6) is 6.41. The summed E-state index contributed by atoms with van der Waals surface area (Å²) in [4.78, 5) is 18.8. The van der Waals surface area contributed by atoms with Crippen LogP contribution in [0.15, 0.2) is 22.2 Å². The van der Waals surface area contributed by atoms with Gasteiger partial charge in [-0.05, 0) is 57.7 Å². The van der Waals surface area contributed by atoms with Crippen LogP contribution in [-0.2, 0) is 29.7 Å². The summed E-state index contributed by atoms with van der Waals surface area (Å²) in [5.41, 5.74) is 3.99. The number of rotatable bonds is 6. The van der Waals surface area contributed by atoms with E-state index in [1.807, 2.05) is 31.3 Å². The number of aryl methyl sites for hydroxylation is 3. The van der Waals surface area contributed by atoms with E-state index in [-0.39, 0.29) is 5.60 Å². The maximum Gasteiger partial charge on any atom is 0.150 e. The molecule has 32 heavy (non-hydrogen) atoms. The Balaban J connectivity index is 1.39. The van der Waals surface area contributed by atoms with Crippen molar-refractivity contribution in [1.82, 2.24) is 14.9 Å². The molecule has 0 bridgehead atoms. The predicted molar refractivity (Wildman–Crippen MR) is 131 cm³/mol. The number of hydrazone groups is 1. The molecule has 4 rings (SSSR count). The van der Waals surface area contributed by atoms with Gasteiger partial charge in [-0.15, -0.1) is 11.3 Å². The average Bonchev–Trinajstić information content (AvgIpc) is 3.19. The Morgan fingerprint density at radius 1 is 1.34 bits per heavy atom. The van der Waals surface area contributed by atoms with Gasteiger partial charge in [-0.25, -0.2) is 9.97 Å². The molecule has 2 aliphatic rings. The first kappa shape index (κ1) is 23.0. The molecule has 2 N–H and O–H groups in total. The van der Waals surface area contributed by atoms with Gasteiger partial charge in [-0.2, -0.15) is 5.10 Å². The summed E-state index contributed by atoms with van der Waals surface area (Å²) in [6.07, 6.45) is 5.89. The van der Waals surface area contributed by atoms with Crippen LogP contribution in [0.2, 0.25) is 0 Å². The predicted octanol–water partition coefficient (Wildman–Crippen LogP) is 3.56. The van der Waals surface area contributed by atoms with Crippen molar-refractivity contribution in [3.8, 4) is 0 Å². The lowest BCUT2D eigenvalue weighted by atomic mass is 9.79. The minimum atomic E-state index is -0.137. The number of nitrogens with two attached hydrogens (primary N) is 1. The fourth-order valence-electron chi connectivity index (χ4n) is 4.94. The molecule has 0 radical (unpaired) electrons. The molecular formula is C24H34N6OS. The first-order valence-electron chi connectivity index (χ1n) is 11.5. The van der Waals surface area contributed by atoms with Crippen molar-refractivity contribution in [2.75, 3.05) is 19.7 Å². The normalized spacial score (nSPS) is 24.4. The highest BCUT2D eigenvalue weighted by molar-refractivity contribution is 7.12. The molecule has 0 saturated carbocycles. The van der Waals surface area contributed by atoms with Gasteiger partial charge in [-0.3, -0.25) is 9.89 Å². The van der Waals surface area contributed by atoms with E-state index in [0.29, 0.717) is 19.1 Å². The van der Waals surface area contributed by atoms with Crippen LogP contribution in [0.1, 0.15) is 59.2 Å². The summed E-state index contributed by atoms with van der Waals surface area (Å²) in [5, 5.41) is 3.99. The van der Waals surface area contributed by atoms with Crippen LogP contribution in [0.4, 0.5) is 0 Å². The first-order valence-corrected chi connectivity index (χ1v) is 12.3. The van der Waals surface area contributed by atoms with E-state index in [4.69, 9.17) is 10.6 Å². The van der Waals surface area contributed by atoms with Crippen LogP contribution >= 0.6 is 11.3 Å². The zero-order chi connectivity index (χ0) is 22.7. The molecule has 0 amide bonds. The topological polar surface area (TPSA) is 89.0 Å². The van der Waals surface area contributed by atoms with Gasteiger partial charge in [0, 0.05) is 52.9 Å². The molecule has 1 spiro atoms. The molecule has 2 aliphatic heterocycles. The molecule has 0 unspecified atom stereocenters. The number of hydrogen-bond acceptors (Lipinski definition) is 8. The van der Waals surface area contributed by atoms with E-state index in [2.05, 4.69) is 44.9 Å². The van der Waals surface area contributed by atoms with Crippen LogP contribution in [0.25, 0.3) is 0 Å². The molecule has 172 valence electrons. The minimum absolute atomic E-state index is 0.137. The van der Waals surface area contributed by atoms with Crippen molar-refractivity contribution in [3.63, 3.8) is 0 Å². The molecule has 0 aromatic carbocycles. The number of aromatic nitrogens is 2. The quantitative estimate of drug-likeness (QED) is 0.410. The maximum atomic E-state index is 6.46. The number of ether oxygens (including phenoxy) is 1. The van der Waals surface area contributed by atoms with E-state index in [1.54, 1.807) is 6.21 Å². The Labute approximate surface area is 194 Å². The molecule has 0 aliphatic carbocycles. The molecule has 8 heteroatoms. The zero-order valence-corrected chi connectivity index (χ0v) is 20.4. The molecule has 2 aromatic rings. The number of aliphatic imine (C=N–C) groups is 1. The monoisotopic (exact) mass is 454 g/mol. The van der Waals surface area contributed by atoms with Gasteiger partial charge in [0.05, 0.1) is 24.5 Å². The van der Waals surface area contributed by atoms with Gasteiger partial charge in [0.1, 0.15) is 5.82 Å². The lowest BCUT2D eigenvalue weighted by Gasteiger charge is -2.47. The smallest absolute Gasteiger partial charge is 0.150 e. The third-order valence-electron chi connectivity index (χ3n) is 6.49. The summed E-state index contributed by atoms with van der Waals surface area (Å²) >= 11 is 1.97. The van der Waals surface area contributed by atoms with Crippen molar-refractivity contribution in [2.45, 2.75) is 71.6 Å². The standard InChI is InChI=1S/C24H34N6OS/c1-5-20-11-21-22(32-20)6-9-31-24(21)7-8-30(18(4)12-24)15-19(29-25)13-26-14-23-27-16(2)10-17(3)28-23/h10-11,13,18H,5-9,12,14-15,25H2,1-4H3/b26-13?,29-19+/t18-,24+/m0/s1. The highest BCUT2D eigenvalue weighted by atomic mass is 32.1. The zero-order valence-electron chi connectivity index (χ0n) is 19.6. The van der Waals surface area contributed by atoms with Gasteiger partial charge in [0.15, 0.2) is 0 Å². The van der Waals surface area contributed by atoms with Gasteiger partial charge in [0.25, 0.3) is 0 Å². The molecular weight excluding hydrogens is 420 g/mol. The third kappa shape index (κ3) is 4.92. The number of hydrogen-bond donors (Lipinski definition) is 1. The fraction of sp³-hybridized carbons (Fsp3) is 0.583. The second kappa shape index (κ2) is 9.77. The van der Waals surface area contributed by atoms with Crippen molar-refractivity contribution in [3.05, 3.63) is 44.7 Å². The largest absolute Gasteiger partial charge is 0.370 e. The van der Waals surface area contributed by atoms with Crippen LogP contribution in [0.5, 0.6) is 0 Å². The Morgan fingerprint density at radius 2 is 2.12 bits per heavy atom. The maximum absolute atomic E-state index is 6.46. The van der Waals surface area contributed by atoms with Crippen molar-refractivity contribution in [2.24, 2.45) is 15.9 Å². The van der Waals surface area contributed by atoms with Crippen LogP contribution in [-0.4, -0.2) is 52.5 Å². The number of fused-ring (bicyclic) bond motifs is 2. The van der Waals surface area contributed by atoms with E-state index in [1.165, 1.54) is 15.3 Å². The van der Waals surface area contributed by atoms with E-state index >= 15 is 0 Å². The first-order chi connectivity index (χ1) is 15.4. The average molecular weight is 455 g/mol. The van der Waals surface area contributed by atoms with Gasteiger partial charge in [-0.1, -0.05) is 6.92 Å². The Bertz CT molecular complexity index is 996. The lowest BCUT2D eigenvalue weighted by molar-refractivity contribution is -0.108. The van der Waals surface area contributed by atoms with E-state index in [0.717, 1.165) is 61.8 Å².